The van der Waals surface area contributed by atoms with Crippen LogP contribution in [0, 0.1) is 0 Å². The van der Waals surface area contributed by atoms with E-state index in [4.69, 9.17) is 13.9 Å². The van der Waals surface area contributed by atoms with Gasteiger partial charge in [-0.3, -0.25) is 4.90 Å². The first-order valence-corrected chi connectivity index (χ1v) is 7.63. The van der Waals surface area contributed by atoms with Crippen LogP contribution in [-0.2, 0) is 22.2 Å². The third-order valence-electron chi connectivity index (χ3n) is 4.28. The maximum absolute atomic E-state index is 12.8. The van der Waals surface area contributed by atoms with Crippen LogP contribution in [0.15, 0.2) is 22.6 Å². The molecule has 1 aliphatic rings. The molecule has 0 aliphatic carbocycles. The van der Waals surface area contributed by atoms with Gasteiger partial charge < -0.3 is 13.9 Å². The van der Waals surface area contributed by atoms with Crippen molar-refractivity contribution in [1.82, 2.24) is 9.88 Å². The number of rotatable bonds is 5. The van der Waals surface area contributed by atoms with Crippen molar-refractivity contribution in [3.05, 3.63) is 29.7 Å². The normalized spacial score (nSPS) is 22.5. The first kappa shape index (κ1) is 17.2. The van der Waals surface area contributed by atoms with Crippen LogP contribution in [0.2, 0.25) is 0 Å². The summed E-state index contributed by atoms with van der Waals surface area (Å²) in [5.74, 6) is 0.391. The average molecular weight is 344 g/mol. The molecular formula is C16H19F3N2O3. The Kier molecular flexibility index (Phi) is 4.80. The molecule has 1 saturated heterocycles. The first-order valence-electron chi connectivity index (χ1n) is 7.63. The number of hydrogen-bond acceptors (Lipinski definition) is 5. The number of likely N-dealkylation sites (tertiary alicyclic amines) is 1. The van der Waals surface area contributed by atoms with Gasteiger partial charge in [-0.15, -0.1) is 0 Å². The minimum absolute atomic E-state index is 0.103. The Labute approximate surface area is 137 Å². The van der Waals surface area contributed by atoms with Crippen LogP contribution >= 0.6 is 0 Å². The topological polar surface area (TPSA) is 47.7 Å². The summed E-state index contributed by atoms with van der Waals surface area (Å²) in [6.45, 7) is 1.67. The summed E-state index contributed by atoms with van der Waals surface area (Å²) in [7, 11) is 3.30. The molecule has 2 aromatic rings. The number of aromatic nitrogens is 1. The Morgan fingerprint density at radius 2 is 2.12 bits per heavy atom. The van der Waals surface area contributed by atoms with Crippen molar-refractivity contribution in [2.75, 3.05) is 27.4 Å². The van der Waals surface area contributed by atoms with E-state index < -0.39 is 11.7 Å². The third-order valence-corrected chi connectivity index (χ3v) is 4.28. The van der Waals surface area contributed by atoms with Gasteiger partial charge in [0.2, 0.25) is 5.89 Å². The second-order valence-electron chi connectivity index (χ2n) is 5.92. The molecule has 0 N–H and O–H groups in total. The van der Waals surface area contributed by atoms with Crippen molar-refractivity contribution < 1.29 is 27.1 Å². The molecule has 5 nitrogen and oxygen atoms in total. The molecule has 1 aromatic carbocycles. The van der Waals surface area contributed by atoms with Crippen molar-refractivity contribution >= 4 is 11.1 Å². The van der Waals surface area contributed by atoms with Crippen molar-refractivity contribution in [2.24, 2.45) is 0 Å². The number of nitrogens with zero attached hydrogens (tertiary/aromatic N) is 2. The molecule has 0 radical (unpaired) electrons. The molecule has 8 heteroatoms. The summed E-state index contributed by atoms with van der Waals surface area (Å²) in [6.07, 6.45) is -3.45. The van der Waals surface area contributed by atoms with Gasteiger partial charge in [0.1, 0.15) is 5.52 Å². The summed E-state index contributed by atoms with van der Waals surface area (Å²) in [4.78, 5) is 6.32. The van der Waals surface area contributed by atoms with Gasteiger partial charge >= 0.3 is 6.18 Å². The molecule has 0 amide bonds. The number of benzene rings is 1. The summed E-state index contributed by atoms with van der Waals surface area (Å²) in [6, 6.07) is 3.49. The lowest BCUT2D eigenvalue weighted by atomic mass is 10.2. The fraction of sp³-hybridized carbons (Fsp3) is 0.562. The van der Waals surface area contributed by atoms with Gasteiger partial charge in [-0.1, -0.05) is 0 Å². The fourth-order valence-electron chi connectivity index (χ4n) is 3.06. The highest BCUT2D eigenvalue weighted by Crippen LogP contribution is 2.32. The van der Waals surface area contributed by atoms with E-state index in [0.717, 1.165) is 18.6 Å². The number of halogens is 3. The zero-order chi connectivity index (χ0) is 17.3. The second kappa shape index (κ2) is 6.70. The van der Waals surface area contributed by atoms with Crippen LogP contribution < -0.4 is 0 Å². The molecule has 1 aliphatic heterocycles. The fourth-order valence-corrected chi connectivity index (χ4v) is 3.06. The summed E-state index contributed by atoms with van der Waals surface area (Å²) in [5.41, 5.74) is -0.165. The van der Waals surface area contributed by atoms with Crippen molar-refractivity contribution in [1.29, 1.82) is 0 Å². The minimum atomic E-state index is -4.39. The second-order valence-corrected chi connectivity index (χ2v) is 5.92. The van der Waals surface area contributed by atoms with Crippen molar-refractivity contribution in [2.45, 2.75) is 31.3 Å². The predicted molar refractivity (Wildman–Crippen MR) is 80.5 cm³/mol. The number of fused-ring (bicyclic) bond motifs is 1. The highest BCUT2D eigenvalue weighted by Gasteiger charge is 2.33. The van der Waals surface area contributed by atoms with Gasteiger partial charge in [-0.05, 0) is 24.6 Å². The zero-order valence-corrected chi connectivity index (χ0v) is 13.5. The highest BCUT2D eigenvalue weighted by atomic mass is 19.4. The lowest BCUT2D eigenvalue weighted by Gasteiger charge is -2.21. The summed E-state index contributed by atoms with van der Waals surface area (Å²) < 4.78 is 54.5. The smallest absolute Gasteiger partial charge is 0.416 e. The van der Waals surface area contributed by atoms with Gasteiger partial charge in [-0.2, -0.15) is 13.2 Å². The maximum atomic E-state index is 12.8. The van der Waals surface area contributed by atoms with E-state index in [9.17, 15) is 13.2 Å². The van der Waals surface area contributed by atoms with Crippen LogP contribution in [0.25, 0.3) is 11.1 Å². The third kappa shape index (κ3) is 3.55. The summed E-state index contributed by atoms with van der Waals surface area (Å²) in [5, 5.41) is 0. The number of oxazole rings is 1. The number of ether oxygens (including phenoxy) is 2. The van der Waals surface area contributed by atoms with Gasteiger partial charge in [-0.25, -0.2) is 4.98 Å². The van der Waals surface area contributed by atoms with E-state index >= 15 is 0 Å². The largest absolute Gasteiger partial charge is 0.439 e. The lowest BCUT2D eigenvalue weighted by molar-refractivity contribution is -0.137. The molecule has 0 unspecified atom stereocenters. The molecule has 3 rings (SSSR count). The van der Waals surface area contributed by atoms with Gasteiger partial charge in [0.05, 0.1) is 24.8 Å². The maximum Gasteiger partial charge on any atom is 0.416 e. The minimum Gasteiger partial charge on any atom is -0.439 e. The Balaban J connectivity index is 1.79. The molecule has 0 spiro atoms. The number of alkyl halides is 3. The van der Waals surface area contributed by atoms with Crippen LogP contribution in [0.1, 0.15) is 17.9 Å². The molecule has 2 heterocycles. The Morgan fingerprint density at radius 3 is 2.79 bits per heavy atom. The molecule has 0 bridgehead atoms. The van der Waals surface area contributed by atoms with E-state index in [1.165, 1.54) is 6.07 Å². The van der Waals surface area contributed by atoms with E-state index in [2.05, 4.69) is 9.88 Å². The molecule has 132 valence electrons. The molecule has 24 heavy (non-hydrogen) atoms. The molecule has 0 saturated carbocycles. The molecule has 2 atom stereocenters. The SMILES string of the molecule is COC[C@@H]1C[C@H](OC)CN1Cc1nc2cc(C(F)(F)F)ccc2o1. The van der Waals surface area contributed by atoms with Gasteiger partial charge in [0, 0.05) is 26.8 Å². The van der Waals surface area contributed by atoms with Gasteiger partial charge in [0.15, 0.2) is 5.58 Å². The number of hydrogen-bond donors (Lipinski definition) is 0. The Hall–Kier alpha value is -1.64. The van der Waals surface area contributed by atoms with Crippen LogP contribution in [0.4, 0.5) is 13.2 Å². The van der Waals surface area contributed by atoms with Crippen LogP contribution in [0.5, 0.6) is 0 Å². The molecule has 1 aromatic heterocycles. The Morgan fingerprint density at radius 1 is 1.33 bits per heavy atom. The summed E-state index contributed by atoms with van der Waals surface area (Å²) >= 11 is 0. The average Bonchev–Trinajstić information content (AvgIpc) is 3.09. The van der Waals surface area contributed by atoms with E-state index in [-0.39, 0.29) is 17.7 Å². The van der Waals surface area contributed by atoms with Crippen molar-refractivity contribution in [3.63, 3.8) is 0 Å². The van der Waals surface area contributed by atoms with Crippen molar-refractivity contribution in [3.8, 4) is 0 Å². The van der Waals surface area contributed by atoms with E-state index in [1.54, 1.807) is 14.2 Å². The van der Waals surface area contributed by atoms with Crippen LogP contribution in [0.3, 0.4) is 0 Å². The highest BCUT2D eigenvalue weighted by molar-refractivity contribution is 5.73. The molecular weight excluding hydrogens is 325 g/mol. The number of methoxy groups -OCH3 is 2. The monoisotopic (exact) mass is 344 g/mol. The van der Waals surface area contributed by atoms with E-state index in [1.807, 2.05) is 0 Å². The standard InChI is InChI=1S/C16H19F3N2O3/c1-22-9-11-6-12(23-2)7-21(11)8-15-20-13-5-10(16(17,18)19)3-4-14(13)24-15/h3-5,11-12H,6-9H2,1-2H3/t11-,12-/m0/s1. The van der Waals surface area contributed by atoms with Crippen LogP contribution in [-0.4, -0.2) is 49.4 Å². The first-order chi connectivity index (χ1) is 11.4. The van der Waals surface area contributed by atoms with E-state index in [0.29, 0.717) is 31.2 Å². The van der Waals surface area contributed by atoms with Gasteiger partial charge in [0.25, 0.3) is 0 Å². The lowest BCUT2D eigenvalue weighted by Crippen LogP contribution is -2.32. The predicted octanol–water partition coefficient (Wildman–Crippen LogP) is 3.08. The quantitative estimate of drug-likeness (QED) is 0.834. The molecule has 1 fully saturated rings. The Bertz CT molecular complexity index is 701. The zero-order valence-electron chi connectivity index (χ0n) is 13.5.